The van der Waals surface area contributed by atoms with Crippen molar-refractivity contribution in [2.24, 2.45) is 0 Å². The van der Waals surface area contributed by atoms with Crippen LogP contribution in [-0.2, 0) is 0 Å². The van der Waals surface area contributed by atoms with Crippen molar-refractivity contribution in [3.05, 3.63) is 221 Å². The van der Waals surface area contributed by atoms with E-state index in [0.717, 1.165) is 0 Å². The molecule has 12 rings (SSSR count). The molecular weight excluding hydrogens is 639 g/mol. The maximum Gasteiger partial charge on any atom is 0.0541 e. The van der Waals surface area contributed by atoms with Gasteiger partial charge >= 0.3 is 0 Å². The molecule has 10 aromatic rings. The van der Waals surface area contributed by atoms with Gasteiger partial charge in [0.2, 0.25) is 0 Å². The standard InChI is InChI=1S/C52H31N/c1-2-17-36(18-3-1)53-45-24-11-10-22-40(45)44-31-35(27-30-46(44)53)47-48-38-20-8-5-14-33(38)25-28-42(48)52-50(41-23-12-16-32-13-4-7-19-37(32)41)49-39-21-9-6-15-34(39)26-29-43(49)51(47)52/h1-31H. The van der Waals surface area contributed by atoms with E-state index in [1.165, 1.54) is 115 Å². The summed E-state index contributed by atoms with van der Waals surface area (Å²) in [7, 11) is 0. The van der Waals surface area contributed by atoms with Gasteiger partial charge in [0, 0.05) is 16.5 Å². The summed E-state index contributed by atoms with van der Waals surface area (Å²) in [5.41, 5.74) is 16.8. The van der Waals surface area contributed by atoms with E-state index in [9.17, 15) is 0 Å². The number of aromatic nitrogens is 1. The van der Waals surface area contributed by atoms with Crippen LogP contribution in [0.1, 0.15) is 33.4 Å². The third-order valence-electron chi connectivity index (χ3n) is 11.7. The van der Waals surface area contributed by atoms with Crippen molar-refractivity contribution in [1.82, 2.24) is 4.57 Å². The molecule has 2 aliphatic carbocycles. The highest BCUT2D eigenvalue weighted by Crippen LogP contribution is 2.61. The van der Waals surface area contributed by atoms with Crippen LogP contribution in [0.15, 0.2) is 188 Å². The quantitative estimate of drug-likeness (QED) is 0.176. The van der Waals surface area contributed by atoms with E-state index in [-0.39, 0.29) is 0 Å². The van der Waals surface area contributed by atoms with Crippen LogP contribution >= 0.6 is 0 Å². The maximum atomic E-state index is 2.46. The summed E-state index contributed by atoms with van der Waals surface area (Å²) in [5, 5.41) is 10.2. The lowest BCUT2D eigenvalue weighted by atomic mass is 9.86. The van der Waals surface area contributed by atoms with Gasteiger partial charge in [-0.15, -0.1) is 0 Å². The third-order valence-corrected chi connectivity index (χ3v) is 11.7. The number of rotatable bonds is 3. The summed E-state index contributed by atoms with van der Waals surface area (Å²) >= 11 is 0. The van der Waals surface area contributed by atoms with Gasteiger partial charge in [0.1, 0.15) is 0 Å². The Balaban J connectivity index is 1.26. The van der Waals surface area contributed by atoms with E-state index in [4.69, 9.17) is 0 Å². The lowest BCUT2D eigenvalue weighted by Crippen LogP contribution is -1.96. The molecule has 9 aromatic carbocycles. The van der Waals surface area contributed by atoms with Crippen LogP contribution in [0.2, 0.25) is 0 Å². The normalized spacial score (nSPS) is 13.5. The minimum atomic E-state index is 1.17. The molecule has 244 valence electrons. The van der Waals surface area contributed by atoms with Crippen LogP contribution in [-0.4, -0.2) is 4.57 Å². The van der Waals surface area contributed by atoms with Crippen molar-refractivity contribution in [2.45, 2.75) is 0 Å². The molecule has 0 N–H and O–H groups in total. The van der Waals surface area contributed by atoms with Crippen molar-refractivity contribution in [2.75, 3.05) is 0 Å². The molecule has 0 fully saturated rings. The number of nitrogens with zero attached hydrogens (tertiary/aromatic N) is 1. The lowest BCUT2D eigenvalue weighted by molar-refractivity contribution is 1.18. The summed E-state index contributed by atoms with van der Waals surface area (Å²) in [6, 6.07) is 69.7. The molecule has 0 atom stereocenters. The maximum absolute atomic E-state index is 2.46. The van der Waals surface area contributed by atoms with E-state index in [2.05, 4.69) is 193 Å². The average Bonchev–Trinajstić information content (AvgIpc) is 3.86. The highest BCUT2D eigenvalue weighted by Gasteiger charge is 2.39. The second-order valence-corrected chi connectivity index (χ2v) is 14.4. The molecular formula is C52H31N. The molecule has 1 nitrogen and oxygen atoms in total. The summed E-state index contributed by atoms with van der Waals surface area (Å²) in [4.78, 5) is 0. The largest absolute Gasteiger partial charge is 0.309 e. The Bertz CT molecular complexity index is 3260. The summed E-state index contributed by atoms with van der Waals surface area (Å²) < 4.78 is 2.41. The van der Waals surface area contributed by atoms with Crippen LogP contribution < -0.4 is 0 Å². The first kappa shape index (κ1) is 28.7. The van der Waals surface area contributed by atoms with Gasteiger partial charge in [-0.2, -0.15) is 0 Å². The molecule has 0 saturated carbocycles. The first-order valence-corrected chi connectivity index (χ1v) is 18.4. The highest BCUT2D eigenvalue weighted by molar-refractivity contribution is 6.39. The molecule has 1 aromatic heterocycles. The fraction of sp³-hybridized carbons (Fsp3) is 0. The number of hydrogen-bond donors (Lipinski definition) is 0. The zero-order valence-electron chi connectivity index (χ0n) is 28.8. The monoisotopic (exact) mass is 669 g/mol. The van der Waals surface area contributed by atoms with Gasteiger partial charge in [-0.3, -0.25) is 0 Å². The van der Waals surface area contributed by atoms with Gasteiger partial charge in [-0.05, 0) is 118 Å². The van der Waals surface area contributed by atoms with Crippen LogP contribution in [0.4, 0.5) is 0 Å². The van der Waals surface area contributed by atoms with Gasteiger partial charge in [-0.25, -0.2) is 0 Å². The number of allylic oxidation sites excluding steroid dienone is 2. The predicted octanol–water partition coefficient (Wildman–Crippen LogP) is 13.5. The highest BCUT2D eigenvalue weighted by atomic mass is 15.0. The van der Waals surface area contributed by atoms with Crippen molar-refractivity contribution >= 4 is 76.4 Å². The second kappa shape index (κ2) is 10.8. The van der Waals surface area contributed by atoms with Gasteiger partial charge in [0.15, 0.2) is 0 Å². The topological polar surface area (TPSA) is 4.93 Å². The molecule has 2 aliphatic rings. The Labute approximate surface area is 307 Å². The average molecular weight is 670 g/mol. The zero-order valence-corrected chi connectivity index (χ0v) is 28.8. The third kappa shape index (κ3) is 3.91. The van der Waals surface area contributed by atoms with Gasteiger partial charge < -0.3 is 4.57 Å². The van der Waals surface area contributed by atoms with Gasteiger partial charge in [0.25, 0.3) is 0 Å². The van der Waals surface area contributed by atoms with E-state index in [1.54, 1.807) is 0 Å². The van der Waals surface area contributed by atoms with Gasteiger partial charge in [-0.1, -0.05) is 158 Å². The predicted molar refractivity (Wildman–Crippen MR) is 224 cm³/mol. The molecule has 0 unspecified atom stereocenters. The number of para-hydroxylation sites is 2. The van der Waals surface area contributed by atoms with Crippen LogP contribution in [0.3, 0.4) is 0 Å². The Kier molecular flexibility index (Phi) is 5.84. The van der Waals surface area contributed by atoms with Crippen molar-refractivity contribution in [3.63, 3.8) is 0 Å². The Morgan fingerprint density at radius 2 is 0.811 bits per heavy atom. The van der Waals surface area contributed by atoms with Crippen molar-refractivity contribution < 1.29 is 0 Å². The SMILES string of the molecule is c1ccc(-n2c3ccccc3c3cc(C4=C5C(=C(c6cccc7ccccc67)c6c5ccc5ccccc65)c5ccc6ccccc6c54)ccc32)cc1. The fourth-order valence-electron chi connectivity index (χ4n) is 9.52. The van der Waals surface area contributed by atoms with Crippen molar-refractivity contribution in [3.8, 4) is 5.69 Å². The molecule has 0 radical (unpaired) electrons. The molecule has 1 heteroatoms. The number of fused-ring (bicyclic) bond motifs is 13. The number of benzene rings is 9. The van der Waals surface area contributed by atoms with E-state index in [0.29, 0.717) is 0 Å². The first-order valence-electron chi connectivity index (χ1n) is 18.4. The summed E-state index contributed by atoms with van der Waals surface area (Å²) in [6.45, 7) is 0. The van der Waals surface area contributed by atoms with E-state index >= 15 is 0 Å². The molecule has 0 amide bonds. The Morgan fingerprint density at radius 1 is 0.283 bits per heavy atom. The van der Waals surface area contributed by atoms with Crippen LogP contribution in [0, 0.1) is 0 Å². The minimum Gasteiger partial charge on any atom is -0.309 e. The number of hydrogen-bond acceptors (Lipinski definition) is 0. The molecule has 0 saturated heterocycles. The lowest BCUT2D eigenvalue weighted by Gasteiger charge is -2.17. The summed E-state index contributed by atoms with van der Waals surface area (Å²) in [5.74, 6) is 0. The second-order valence-electron chi connectivity index (χ2n) is 14.4. The van der Waals surface area contributed by atoms with Crippen molar-refractivity contribution in [1.29, 1.82) is 0 Å². The molecule has 0 spiro atoms. The first-order chi connectivity index (χ1) is 26.3. The molecule has 1 heterocycles. The molecule has 0 aliphatic heterocycles. The summed E-state index contributed by atoms with van der Waals surface area (Å²) in [6.07, 6.45) is 0. The van der Waals surface area contributed by atoms with E-state index < -0.39 is 0 Å². The van der Waals surface area contributed by atoms with Gasteiger partial charge in [0.05, 0.1) is 11.0 Å². The van der Waals surface area contributed by atoms with Crippen LogP contribution in [0.25, 0.3) is 82.1 Å². The molecule has 53 heavy (non-hydrogen) atoms. The van der Waals surface area contributed by atoms with Crippen LogP contribution in [0.5, 0.6) is 0 Å². The minimum absolute atomic E-state index is 1.17. The zero-order chi connectivity index (χ0) is 34.6. The van der Waals surface area contributed by atoms with E-state index in [1.807, 2.05) is 0 Å². The fourth-order valence-corrected chi connectivity index (χ4v) is 9.52. The smallest absolute Gasteiger partial charge is 0.0541 e. The molecule has 0 bridgehead atoms. The Hall–Kier alpha value is -6.96. The Morgan fingerprint density at radius 3 is 1.53 bits per heavy atom.